The molecule has 4 unspecified atom stereocenters. The monoisotopic (exact) mass is 295 g/mol. The van der Waals surface area contributed by atoms with Crippen LogP contribution >= 0.6 is 0 Å². The number of carboxylic acid groups (broad SMARTS) is 1. The zero-order chi connectivity index (χ0) is 15.6. The number of likely N-dealkylation sites (tertiary alicyclic amines) is 1. The summed E-state index contributed by atoms with van der Waals surface area (Å²) in [5, 5.41) is 9.61. The second-order valence-corrected chi connectivity index (χ2v) is 7.92. The molecule has 1 aliphatic heterocycles. The van der Waals surface area contributed by atoms with Gasteiger partial charge in [-0.1, -0.05) is 40.5 Å². The van der Waals surface area contributed by atoms with Gasteiger partial charge in [0, 0.05) is 12.6 Å². The molecule has 0 aromatic heterocycles. The first kappa shape index (κ1) is 16.8. The Labute approximate surface area is 130 Å². The molecule has 1 saturated carbocycles. The second-order valence-electron chi connectivity index (χ2n) is 7.92. The van der Waals surface area contributed by atoms with Gasteiger partial charge in [-0.15, -0.1) is 0 Å². The van der Waals surface area contributed by atoms with Gasteiger partial charge in [0.05, 0.1) is 5.92 Å². The Morgan fingerprint density at radius 1 is 1.24 bits per heavy atom. The van der Waals surface area contributed by atoms with Crippen molar-refractivity contribution in [2.75, 3.05) is 13.1 Å². The average molecular weight is 295 g/mol. The third-order valence-corrected chi connectivity index (χ3v) is 6.51. The Balaban J connectivity index is 2.10. The van der Waals surface area contributed by atoms with Crippen LogP contribution < -0.4 is 0 Å². The highest BCUT2D eigenvalue weighted by atomic mass is 16.4. The van der Waals surface area contributed by atoms with E-state index in [2.05, 4.69) is 32.6 Å². The lowest BCUT2D eigenvalue weighted by Crippen LogP contribution is -2.48. The molecule has 0 spiro atoms. The van der Waals surface area contributed by atoms with E-state index in [4.69, 9.17) is 0 Å². The molecule has 0 aromatic rings. The maximum atomic E-state index is 11.7. The van der Waals surface area contributed by atoms with Gasteiger partial charge in [0.1, 0.15) is 0 Å². The van der Waals surface area contributed by atoms with Crippen LogP contribution in [0.4, 0.5) is 0 Å². The Hall–Kier alpha value is -0.570. The summed E-state index contributed by atoms with van der Waals surface area (Å²) in [6.07, 6.45) is 6.68. The topological polar surface area (TPSA) is 40.5 Å². The Morgan fingerprint density at radius 3 is 2.48 bits per heavy atom. The van der Waals surface area contributed by atoms with E-state index in [0.29, 0.717) is 11.3 Å². The fourth-order valence-electron chi connectivity index (χ4n) is 4.33. The highest BCUT2D eigenvalue weighted by Crippen LogP contribution is 2.44. The van der Waals surface area contributed by atoms with Crippen LogP contribution in [0.2, 0.25) is 0 Å². The van der Waals surface area contributed by atoms with Crippen LogP contribution in [0.1, 0.15) is 66.2 Å². The normalized spacial score (nSPS) is 35.0. The number of hydrogen-bond donors (Lipinski definition) is 1. The summed E-state index contributed by atoms with van der Waals surface area (Å²) in [7, 11) is 0. The molecule has 1 N–H and O–H groups in total. The zero-order valence-electron chi connectivity index (χ0n) is 14.3. The number of nitrogens with zero attached hydrogens (tertiary/aromatic N) is 1. The summed E-state index contributed by atoms with van der Waals surface area (Å²) in [5.74, 6) is 0.722. The van der Waals surface area contributed by atoms with Crippen molar-refractivity contribution in [1.82, 2.24) is 4.90 Å². The molecule has 2 aliphatic rings. The number of carbonyl (C=O) groups is 1. The smallest absolute Gasteiger partial charge is 0.308 e. The summed E-state index contributed by atoms with van der Waals surface area (Å²) in [6, 6.07) is 0.267. The molecule has 0 aromatic carbocycles. The summed E-state index contributed by atoms with van der Waals surface area (Å²) >= 11 is 0. The number of rotatable bonds is 5. The van der Waals surface area contributed by atoms with Gasteiger partial charge in [-0.25, -0.2) is 0 Å². The average Bonchev–Trinajstić information content (AvgIpc) is 2.95. The summed E-state index contributed by atoms with van der Waals surface area (Å²) in [4.78, 5) is 14.2. The van der Waals surface area contributed by atoms with Crippen molar-refractivity contribution >= 4 is 5.97 Å². The van der Waals surface area contributed by atoms with Gasteiger partial charge in [-0.05, 0) is 49.5 Å². The first-order valence-electron chi connectivity index (χ1n) is 8.85. The maximum Gasteiger partial charge on any atom is 0.308 e. The summed E-state index contributed by atoms with van der Waals surface area (Å²) < 4.78 is 0. The maximum absolute atomic E-state index is 11.7. The second kappa shape index (κ2) is 6.68. The SMILES string of the molecule is CCC1CCN(C2CC(C(C)(C)CC)CCC2C(=O)O)C1. The molecule has 2 fully saturated rings. The highest BCUT2D eigenvalue weighted by molar-refractivity contribution is 5.71. The predicted molar refractivity (Wildman–Crippen MR) is 86.3 cm³/mol. The van der Waals surface area contributed by atoms with E-state index in [9.17, 15) is 9.90 Å². The molecule has 2 rings (SSSR count). The molecule has 1 aliphatic carbocycles. The largest absolute Gasteiger partial charge is 0.481 e. The lowest BCUT2D eigenvalue weighted by molar-refractivity contribution is -0.146. The first-order chi connectivity index (χ1) is 9.89. The number of aliphatic carboxylic acids is 1. The Bertz CT molecular complexity index is 366. The van der Waals surface area contributed by atoms with E-state index < -0.39 is 5.97 Å². The van der Waals surface area contributed by atoms with Crippen LogP contribution in [0.15, 0.2) is 0 Å². The lowest BCUT2D eigenvalue weighted by atomic mass is 9.65. The molecular formula is C18H33NO2. The van der Waals surface area contributed by atoms with Crippen LogP contribution in [0.5, 0.6) is 0 Å². The lowest BCUT2D eigenvalue weighted by Gasteiger charge is -2.45. The van der Waals surface area contributed by atoms with Crippen molar-refractivity contribution in [3.8, 4) is 0 Å². The Kier molecular flexibility index (Phi) is 5.34. The molecule has 0 amide bonds. The van der Waals surface area contributed by atoms with Crippen LogP contribution in [-0.4, -0.2) is 35.1 Å². The fourth-order valence-corrected chi connectivity index (χ4v) is 4.33. The molecule has 3 heteroatoms. The molecular weight excluding hydrogens is 262 g/mol. The van der Waals surface area contributed by atoms with Crippen LogP contribution in [0, 0.1) is 23.2 Å². The summed E-state index contributed by atoms with van der Waals surface area (Å²) in [5.41, 5.74) is 0.339. The quantitative estimate of drug-likeness (QED) is 0.832. The van der Waals surface area contributed by atoms with Crippen molar-refractivity contribution in [3.05, 3.63) is 0 Å². The predicted octanol–water partition coefficient (Wildman–Crippen LogP) is 4.02. The van der Waals surface area contributed by atoms with Crippen molar-refractivity contribution in [2.45, 2.75) is 72.3 Å². The van der Waals surface area contributed by atoms with E-state index in [1.165, 1.54) is 19.3 Å². The van der Waals surface area contributed by atoms with Gasteiger partial charge < -0.3 is 5.11 Å². The van der Waals surface area contributed by atoms with Crippen LogP contribution in [-0.2, 0) is 4.79 Å². The molecule has 1 heterocycles. The molecule has 1 saturated heterocycles. The van der Waals surface area contributed by atoms with Gasteiger partial charge in [0.15, 0.2) is 0 Å². The zero-order valence-corrected chi connectivity index (χ0v) is 14.3. The minimum absolute atomic E-state index is 0.149. The van der Waals surface area contributed by atoms with E-state index in [0.717, 1.165) is 38.3 Å². The van der Waals surface area contributed by atoms with Crippen molar-refractivity contribution in [1.29, 1.82) is 0 Å². The van der Waals surface area contributed by atoms with E-state index >= 15 is 0 Å². The molecule has 0 bridgehead atoms. The van der Waals surface area contributed by atoms with E-state index in [1.807, 2.05) is 0 Å². The fraction of sp³-hybridized carbons (Fsp3) is 0.944. The number of carboxylic acids is 1. The highest BCUT2D eigenvalue weighted by Gasteiger charge is 2.43. The van der Waals surface area contributed by atoms with Crippen molar-refractivity contribution in [2.24, 2.45) is 23.2 Å². The first-order valence-corrected chi connectivity index (χ1v) is 8.85. The summed E-state index contributed by atoms with van der Waals surface area (Å²) in [6.45, 7) is 11.5. The molecule has 3 nitrogen and oxygen atoms in total. The standard InChI is InChI=1S/C18H33NO2/c1-5-13-9-10-19(12-13)16-11-14(18(3,4)6-2)7-8-15(16)17(20)21/h13-16H,5-12H2,1-4H3,(H,20,21). The van der Waals surface area contributed by atoms with Gasteiger partial charge >= 0.3 is 5.97 Å². The minimum atomic E-state index is -0.576. The van der Waals surface area contributed by atoms with Gasteiger partial charge in [-0.3, -0.25) is 9.69 Å². The Morgan fingerprint density at radius 2 is 1.95 bits per heavy atom. The van der Waals surface area contributed by atoms with Gasteiger partial charge in [-0.2, -0.15) is 0 Å². The van der Waals surface area contributed by atoms with E-state index in [1.54, 1.807) is 0 Å². The molecule has 21 heavy (non-hydrogen) atoms. The number of hydrogen-bond acceptors (Lipinski definition) is 2. The molecule has 0 radical (unpaired) electrons. The van der Waals surface area contributed by atoms with Gasteiger partial charge in [0.25, 0.3) is 0 Å². The van der Waals surface area contributed by atoms with Crippen LogP contribution in [0.25, 0.3) is 0 Å². The molecule has 122 valence electrons. The third-order valence-electron chi connectivity index (χ3n) is 6.51. The van der Waals surface area contributed by atoms with Crippen molar-refractivity contribution < 1.29 is 9.90 Å². The van der Waals surface area contributed by atoms with Crippen LogP contribution in [0.3, 0.4) is 0 Å². The van der Waals surface area contributed by atoms with Crippen molar-refractivity contribution in [3.63, 3.8) is 0 Å². The minimum Gasteiger partial charge on any atom is -0.481 e. The van der Waals surface area contributed by atoms with E-state index in [-0.39, 0.29) is 12.0 Å². The molecule has 4 atom stereocenters. The van der Waals surface area contributed by atoms with Gasteiger partial charge in [0.2, 0.25) is 0 Å². The third kappa shape index (κ3) is 3.61.